The zero-order chi connectivity index (χ0) is 26.2. The third-order valence-corrected chi connectivity index (χ3v) is 6.85. The number of alkyl carbamates (subject to hydrolysis) is 1. The Balaban J connectivity index is 1.97. The van der Waals surface area contributed by atoms with E-state index in [4.69, 9.17) is 26.0 Å². The second-order valence-corrected chi connectivity index (χ2v) is 9.97. The number of aromatic nitrogens is 2. The van der Waals surface area contributed by atoms with Crippen LogP contribution in [0.15, 0.2) is 30.1 Å². The number of halogens is 1. The molecule has 3 heterocycles. The fourth-order valence-electron chi connectivity index (χ4n) is 5.08. The second-order valence-electron chi connectivity index (χ2n) is 9.97. The number of ether oxygens (including phenoxy) is 2. The highest BCUT2D eigenvalue weighted by Gasteiger charge is 2.30. The summed E-state index contributed by atoms with van der Waals surface area (Å²) in [7, 11) is 3.00. The lowest BCUT2D eigenvalue weighted by Gasteiger charge is -2.27. The summed E-state index contributed by atoms with van der Waals surface area (Å²) < 4.78 is 28.7. The largest absolute Gasteiger partial charge is 0.453 e. The van der Waals surface area contributed by atoms with Gasteiger partial charge in [-0.2, -0.15) is 0 Å². The Labute approximate surface area is 210 Å². The maximum atomic E-state index is 16.4. The normalized spacial score (nSPS) is 15.8. The number of methoxy groups -OCH3 is 1. The first-order valence-corrected chi connectivity index (χ1v) is 12.0. The van der Waals surface area contributed by atoms with E-state index in [2.05, 4.69) is 5.32 Å². The second kappa shape index (κ2) is 9.94. The molecule has 0 atom stereocenters. The maximum Gasteiger partial charge on any atom is 0.407 e. The van der Waals surface area contributed by atoms with Gasteiger partial charge < -0.3 is 30.1 Å². The van der Waals surface area contributed by atoms with E-state index >= 15 is 4.39 Å². The number of nitrogens with zero attached hydrogens (tertiary/aromatic N) is 3. The standard InChI is InChI=1S/C26H35FN6O3/c1-15(28)23(32(4)29)17-12-20-22(30-13-17)18-6-7-19(26(2,3)31-25(34)35-5)21(27)24(18)33(20)14-16-8-10-36-11-9-16/h6-7,12-13,16H,8-11,14,28-29H2,1-5H3,(H,31,34)/b23-15-. The summed E-state index contributed by atoms with van der Waals surface area (Å²) in [5, 5.41) is 4.89. The van der Waals surface area contributed by atoms with Gasteiger partial charge in [0, 0.05) is 55.2 Å². The molecule has 0 saturated carbocycles. The number of benzene rings is 1. The fourth-order valence-corrected chi connectivity index (χ4v) is 5.08. The number of rotatable bonds is 6. The van der Waals surface area contributed by atoms with Gasteiger partial charge in [-0.1, -0.05) is 12.1 Å². The summed E-state index contributed by atoms with van der Waals surface area (Å²) >= 11 is 0. The fraction of sp³-hybridized carbons (Fsp3) is 0.462. The van der Waals surface area contributed by atoms with Crippen molar-refractivity contribution in [3.8, 4) is 0 Å². The Hall–Kier alpha value is -3.37. The van der Waals surface area contributed by atoms with E-state index in [1.807, 2.05) is 16.7 Å². The van der Waals surface area contributed by atoms with Gasteiger partial charge in [0.1, 0.15) is 0 Å². The van der Waals surface area contributed by atoms with Gasteiger partial charge in [0.15, 0.2) is 5.82 Å². The molecule has 194 valence electrons. The van der Waals surface area contributed by atoms with Gasteiger partial charge in [-0.3, -0.25) is 4.98 Å². The molecular formula is C26H35FN6O3. The van der Waals surface area contributed by atoms with Gasteiger partial charge in [0.25, 0.3) is 0 Å². The zero-order valence-corrected chi connectivity index (χ0v) is 21.5. The van der Waals surface area contributed by atoms with Crippen LogP contribution < -0.4 is 16.9 Å². The molecule has 0 aliphatic carbocycles. The predicted molar refractivity (Wildman–Crippen MR) is 138 cm³/mol. The average Bonchev–Trinajstić information content (AvgIpc) is 3.12. The number of hydrogen-bond acceptors (Lipinski definition) is 7. The van der Waals surface area contributed by atoms with E-state index in [1.54, 1.807) is 40.1 Å². The molecule has 1 aromatic carbocycles. The molecule has 9 nitrogen and oxygen atoms in total. The van der Waals surface area contributed by atoms with Crippen molar-refractivity contribution in [2.75, 3.05) is 27.4 Å². The lowest BCUT2D eigenvalue weighted by atomic mass is 9.92. The Kier molecular flexibility index (Phi) is 7.10. The number of hydrazine groups is 1. The van der Waals surface area contributed by atoms with Crippen molar-refractivity contribution in [3.05, 3.63) is 47.0 Å². The Morgan fingerprint density at radius 1 is 1.36 bits per heavy atom. The smallest absolute Gasteiger partial charge is 0.407 e. The zero-order valence-electron chi connectivity index (χ0n) is 21.5. The SMILES string of the molecule is COC(=O)NC(C)(C)c1ccc2c3ncc(/C(=C(\C)N)N(C)N)cc3n(CC3CCOCC3)c2c1F. The van der Waals surface area contributed by atoms with Crippen molar-refractivity contribution >= 4 is 33.7 Å². The Bertz CT molecular complexity index is 1320. The molecule has 1 amide bonds. The quantitative estimate of drug-likeness (QED) is 0.349. The van der Waals surface area contributed by atoms with E-state index in [1.165, 1.54) is 12.1 Å². The van der Waals surface area contributed by atoms with Crippen LogP contribution in [0.4, 0.5) is 9.18 Å². The van der Waals surface area contributed by atoms with E-state index < -0.39 is 17.4 Å². The lowest BCUT2D eigenvalue weighted by molar-refractivity contribution is 0.0619. The van der Waals surface area contributed by atoms with Crippen LogP contribution >= 0.6 is 0 Å². The van der Waals surface area contributed by atoms with Gasteiger partial charge in [0.05, 0.1) is 34.9 Å². The van der Waals surface area contributed by atoms with Gasteiger partial charge >= 0.3 is 6.09 Å². The summed E-state index contributed by atoms with van der Waals surface area (Å²) in [6.45, 7) is 7.25. The summed E-state index contributed by atoms with van der Waals surface area (Å²) in [4.78, 5) is 16.7. The van der Waals surface area contributed by atoms with Gasteiger partial charge in [0.2, 0.25) is 0 Å². The van der Waals surface area contributed by atoms with Crippen LogP contribution in [0.3, 0.4) is 0 Å². The highest BCUT2D eigenvalue weighted by atomic mass is 19.1. The molecule has 0 unspecified atom stereocenters. The molecule has 4 rings (SSSR count). The summed E-state index contributed by atoms with van der Waals surface area (Å²) in [6, 6.07) is 5.53. The topological polar surface area (TPSA) is 121 Å². The van der Waals surface area contributed by atoms with E-state index in [9.17, 15) is 4.79 Å². The number of nitrogens with one attached hydrogen (secondary N) is 1. The summed E-state index contributed by atoms with van der Waals surface area (Å²) in [5.41, 5.74) is 9.37. The Morgan fingerprint density at radius 2 is 2.06 bits per heavy atom. The minimum Gasteiger partial charge on any atom is -0.453 e. The van der Waals surface area contributed by atoms with Crippen LogP contribution in [0.2, 0.25) is 0 Å². The number of hydrogen-bond donors (Lipinski definition) is 3. The van der Waals surface area contributed by atoms with Crippen LogP contribution in [0.25, 0.3) is 27.6 Å². The van der Waals surface area contributed by atoms with Crippen LogP contribution in [0, 0.1) is 11.7 Å². The van der Waals surface area contributed by atoms with Crippen LogP contribution in [0.5, 0.6) is 0 Å². The van der Waals surface area contributed by atoms with E-state index in [0.717, 1.165) is 23.9 Å². The molecule has 1 aliphatic heterocycles. The molecule has 10 heteroatoms. The average molecular weight is 499 g/mol. The van der Waals surface area contributed by atoms with E-state index in [-0.39, 0.29) is 0 Å². The van der Waals surface area contributed by atoms with Crippen molar-refractivity contribution in [1.82, 2.24) is 19.9 Å². The molecule has 1 fully saturated rings. The van der Waals surface area contributed by atoms with Crippen molar-refractivity contribution in [2.24, 2.45) is 17.5 Å². The molecule has 3 aromatic rings. The third-order valence-electron chi connectivity index (χ3n) is 6.85. The molecule has 36 heavy (non-hydrogen) atoms. The summed E-state index contributed by atoms with van der Waals surface area (Å²) in [5.74, 6) is 5.99. The number of pyridine rings is 1. The number of carbonyl (C=O) groups excluding carboxylic acids is 1. The van der Waals surface area contributed by atoms with Crippen molar-refractivity contribution < 1.29 is 18.7 Å². The number of allylic oxidation sites excluding steroid dienone is 1. The van der Waals surface area contributed by atoms with Crippen molar-refractivity contribution in [3.63, 3.8) is 0 Å². The van der Waals surface area contributed by atoms with Gasteiger partial charge in [-0.05, 0) is 45.6 Å². The van der Waals surface area contributed by atoms with Crippen molar-refractivity contribution in [2.45, 2.75) is 45.7 Å². The molecule has 1 aliphatic rings. The minimum absolute atomic E-state index is 0.328. The molecule has 5 N–H and O–H groups in total. The first-order valence-electron chi connectivity index (χ1n) is 12.0. The minimum atomic E-state index is -1.00. The highest BCUT2D eigenvalue weighted by molar-refractivity contribution is 6.06. The maximum absolute atomic E-state index is 16.4. The molecule has 0 bridgehead atoms. The highest BCUT2D eigenvalue weighted by Crippen LogP contribution is 2.37. The number of carbonyl (C=O) groups is 1. The molecule has 2 aromatic heterocycles. The molecule has 0 spiro atoms. The van der Waals surface area contributed by atoms with Crippen LogP contribution in [0.1, 0.15) is 44.7 Å². The van der Waals surface area contributed by atoms with E-state index in [0.29, 0.717) is 59.1 Å². The first-order chi connectivity index (χ1) is 17.0. The summed E-state index contributed by atoms with van der Waals surface area (Å²) in [6.07, 6.45) is 2.87. The number of amides is 1. The molecule has 0 radical (unpaired) electrons. The Morgan fingerprint density at radius 3 is 2.67 bits per heavy atom. The predicted octanol–water partition coefficient (Wildman–Crippen LogP) is 3.80. The van der Waals surface area contributed by atoms with Crippen LogP contribution in [-0.2, 0) is 21.6 Å². The molecular weight excluding hydrogens is 463 g/mol. The number of nitrogens with two attached hydrogens (primary N) is 2. The molecule has 1 saturated heterocycles. The lowest BCUT2D eigenvalue weighted by Crippen LogP contribution is -2.41. The first kappa shape index (κ1) is 25.7. The van der Waals surface area contributed by atoms with Crippen LogP contribution in [-0.4, -0.2) is 48.0 Å². The third kappa shape index (κ3) is 4.70. The van der Waals surface area contributed by atoms with Gasteiger partial charge in [-0.25, -0.2) is 15.0 Å². The number of fused-ring (bicyclic) bond motifs is 3. The monoisotopic (exact) mass is 498 g/mol. The van der Waals surface area contributed by atoms with Gasteiger partial charge in [-0.15, -0.1) is 0 Å². The van der Waals surface area contributed by atoms with Crippen molar-refractivity contribution in [1.29, 1.82) is 0 Å².